The number of ether oxygens (including phenoxy) is 2. The topological polar surface area (TPSA) is 103 Å². The molecule has 1 aromatic rings. The van der Waals surface area contributed by atoms with Crippen LogP contribution in [0.25, 0.3) is 0 Å². The van der Waals surface area contributed by atoms with Crippen molar-refractivity contribution in [1.29, 1.82) is 0 Å². The third-order valence-electron chi connectivity index (χ3n) is 4.94. The molecule has 10 heteroatoms. The summed E-state index contributed by atoms with van der Waals surface area (Å²) in [6.07, 6.45) is -0.665. The number of alkyl carbamates (subject to hydrolysis) is 1. The molecule has 1 amide bonds. The molecule has 1 fully saturated rings. The number of fused-ring (bicyclic) bond motifs is 1. The normalized spacial score (nSPS) is 26.9. The van der Waals surface area contributed by atoms with Crippen LogP contribution in [-0.2, 0) is 15.0 Å². The van der Waals surface area contributed by atoms with Crippen molar-refractivity contribution in [3.8, 4) is 0 Å². The third-order valence-corrected chi connectivity index (χ3v) is 5.93. The average molecular weight is 425 g/mol. The van der Waals surface area contributed by atoms with E-state index in [9.17, 15) is 19.3 Å². The largest absolute Gasteiger partial charge is 0.444 e. The van der Waals surface area contributed by atoms with E-state index in [0.717, 1.165) is 12.1 Å². The Kier molecular flexibility index (Phi) is 5.86. The molecule has 3 atom stereocenters. The highest BCUT2D eigenvalue weighted by Gasteiger charge is 2.51. The van der Waals surface area contributed by atoms with Gasteiger partial charge >= 0.3 is 6.09 Å². The molecule has 0 bridgehead atoms. The second-order valence-electron chi connectivity index (χ2n) is 8.30. The predicted molar refractivity (Wildman–Crippen MR) is 107 cm³/mol. The van der Waals surface area contributed by atoms with Gasteiger partial charge in [0.15, 0.2) is 5.17 Å². The second-order valence-corrected chi connectivity index (χ2v) is 9.31. The number of hydrogen-bond donors (Lipinski definition) is 1. The van der Waals surface area contributed by atoms with E-state index in [1.807, 2.05) is 6.92 Å². The van der Waals surface area contributed by atoms with Gasteiger partial charge in [-0.25, -0.2) is 14.2 Å². The Morgan fingerprint density at radius 1 is 1.48 bits per heavy atom. The van der Waals surface area contributed by atoms with Gasteiger partial charge in [0.25, 0.3) is 5.69 Å². The van der Waals surface area contributed by atoms with Gasteiger partial charge in [-0.05, 0) is 32.8 Å². The summed E-state index contributed by atoms with van der Waals surface area (Å²) in [5.74, 6) is -0.0874. The van der Waals surface area contributed by atoms with Gasteiger partial charge in [0, 0.05) is 36.0 Å². The highest BCUT2D eigenvalue weighted by atomic mass is 32.2. The smallest absolute Gasteiger partial charge is 0.413 e. The van der Waals surface area contributed by atoms with Gasteiger partial charge in [-0.3, -0.25) is 15.4 Å². The van der Waals surface area contributed by atoms with Crippen LogP contribution in [0.2, 0.25) is 0 Å². The van der Waals surface area contributed by atoms with E-state index in [1.54, 1.807) is 20.8 Å². The molecule has 0 spiro atoms. The van der Waals surface area contributed by atoms with Gasteiger partial charge in [-0.15, -0.1) is 0 Å². The fraction of sp³-hybridized carbons (Fsp3) is 0.579. The highest BCUT2D eigenvalue weighted by molar-refractivity contribution is 8.13. The Morgan fingerprint density at radius 2 is 2.21 bits per heavy atom. The lowest BCUT2D eigenvalue weighted by atomic mass is 9.72. The SMILES string of the molecule is C[C@@H]1COC[C@]2(c3cc([N+](=O)[O-])ccc3F)N=C(NC(=O)OC(C)(C)C)SCC12. The molecule has 0 saturated carbocycles. The molecule has 1 aromatic carbocycles. The van der Waals surface area contributed by atoms with Gasteiger partial charge in [0.05, 0.1) is 11.5 Å². The van der Waals surface area contributed by atoms with E-state index in [0.29, 0.717) is 12.4 Å². The van der Waals surface area contributed by atoms with E-state index in [4.69, 9.17) is 9.47 Å². The van der Waals surface area contributed by atoms with E-state index < -0.39 is 28.0 Å². The maximum absolute atomic E-state index is 14.9. The Balaban J connectivity index is 2.04. The zero-order valence-corrected chi connectivity index (χ0v) is 17.5. The maximum atomic E-state index is 14.9. The van der Waals surface area contributed by atoms with Crippen molar-refractivity contribution in [1.82, 2.24) is 5.32 Å². The van der Waals surface area contributed by atoms with Crippen molar-refractivity contribution in [2.75, 3.05) is 19.0 Å². The summed E-state index contributed by atoms with van der Waals surface area (Å²) in [5.41, 5.74) is -1.96. The fourth-order valence-electron chi connectivity index (χ4n) is 3.65. The maximum Gasteiger partial charge on any atom is 0.413 e. The molecule has 1 N–H and O–H groups in total. The van der Waals surface area contributed by atoms with E-state index in [1.165, 1.54) is 17.8 Å². The molecule has 0 aromatic heterocycles. The van der Waals surface area contributed by atoms with Gasteiger partial charge in [0.2, 0.25) is 0 Å². The number of amides is 1. The van der Waals surface area contributed by atoms with E-state index in [2.05, 4.69) is 10.3 Å². The van der Waals surface area contributed by atoms with Crippen molar-refractivity contribution >= 4 is 28.7 Å². The number of benzene rings is 1. The number of aliphatic imine (C=N–C) groups is 1. The average Bonchev–Trinajstić information content (AvgIpc) is 2.60. The lowest BCUT2D eigenvalue weighted by molar-refractivity contribution is -0.385. The number of rotatable bonds is 2. The quantitative estimate of drug-likeness (QED) is 0.570. The van der Waals surface area contributed by atoms with E-state index >= 15 is 0 Å². The summed E-state index contributed by atoms with van der Waals surface area (Å²) >= 11 is 1.34. The van der Waals surface area contributed by atoms with Gasteiger partial charge in [0.1, 0.15) is 17.0 Å². The number of nitrogens with one attached hydrogen (secondary N) is 1. The molecule has 2 heterocycles. The molecule has 2 aliphatic rings. The molecular weight excluding hydrogens is 401 g/mol. The molecule has 0 aliphatic carbocycles. The number of hydrogen-bond acceptors (Lipinski definition) is 7. The van der Waals surface area contributed by atoms with Crippen molar-refractivity contribution in [2.24, 2.45) is 16.8 Å². The van der Waals surface area contributed by atoms with Crippen molar-refractivity contribution in [3.05, 3.63) is 39.7 Å². The minimum absolute atomic E-state index is 0.0572. The minimum Gasteiger partial charge on any atom is -0.444 e. The van der Waals surface area contributed by atoms with Crippen LogP contribution in [0.5, 0.6) is 0 Å². The zero-order valence-electron chi connectivity index (χ0n) is 16.7. The number of nitro benzene ring substituents is 1. The number of nitro groups is 1. The van der Waals surface area contributed by atoms with Crippen LogP contribution in [0.15, 0.2) is 23.2 Å². The molecule has 8 nitrogen and oxygen atoms in total. The highest BCUT2D eigenvalue weighted by Crippen LogP contribution is 2.48. The molecule has 1 saturated heterocycles. The Morgan fingerprint density at radius 3 is 2.86 bits per heavy atom. The predicted octanol–water partition coefficient (Wildman–Crippen LogP) is 3.84. The number of carbonyl (C=O) groups excluding carboxylic acids is 1. The van der Waals surface area contributed by atoms with Crippen LogP contribution in [0.1, 0.15) is 33.3 Å². The third kappa shape index (κ3) is 4.53. The Hall–Kier alpha value is -2.20. The summed E-state index contributed by atoms with van der Waals surface area (Å²) in [7, 11) is 0. The summed E-state index contributed by atoms with van der Waals surface area (Å²) in [6, 6.07) is 3.42. The number of carbonyl (C=O) groups is 1. The van der Waals surface area contributed by atoms with Gasteiger partial charge < -0.3 is 9.47 Å². The number of non-ortho nitro benzene ring substituents is 1. The Labute approximate surface area is 172 Å². The summed E-state index contributed by atoms with van der Waals surface area (Å²) in [5, 5.41) is 14.1. The lowest BCUT2D eigenvalue weighted by Gasteiger charge is -2.47. The summed E-state index contributed by atoms with van der Waals surface area (Å²) in [6.45, 7) is 7.78. The van der Waals surface area contributed by atoms with Crippen molar-refractivity contribution < 1.29 is 23.6 Å². The second kappa shape index (κ2) is 7.91. The molecule has 158 valence electrons. The monoisotopic (exact) mass is 425 g/mol. The molecule has 1 unspecified atom stereocenters. The first-order valence-electron chi connectivity index (χ1n) is 9.26. The first kappa shape index (κ1) is 21.5. The van der Waals surface area contributed by atoms with Crippen LogP contribution >= 0.6 is 11.8 Å². The number of thioether (sulfide) groups is 1. The van der Waals surface area contributed by atoms with Gasteiger partial charge in [-0.1, -0.05) is 18.7 Å². The Bertz CT molecular complexity index is 857. The number of nitrogens with zero attached hydrogens (tertiary/aromatic N) is 2. The van der Waals surface area contributed by atoms with Crippen molar-refractivity contribution in [3.63, 3.8) is 0 Å². The summed E-state index contributed by atoms with van der Waals surface area (Å²) < 4.78 is 25.8. The standard InChI is InChI=1S/C19H24FN3O5S/c1-11-8-27-10-19(13-7-12(23(25)26)5-6-15(13)20)14(11)9-29-16(22-19)21-17(24)28-18(2,3)4/h5-7,11,14H,8-10H2,1-4H3,(H,21,22,24)/t11-,14?,19-/m1/s1. The zero-order chi connectivity index (χ0) is 21.4. The van der Waals surface area contributed by atoms with Crippen LogP contribution in [0.4, 0.5) is 14.9 Å². The lowest BCUT2D eigenvalue weighted by Crippen LogP contribution is -2.52. The first-order chi connectivity index (χ1) is 13.5. The van der Waals surface area contributed by atoms with Crippen LogP contribution in [0, 0.1) is 27.8 Å². The summed E-state index contributed by atoms with van der Waals surface area (Å²) in [4.78, 5) is 27.5. The number of amidine groups is 1. The molecular formula is C19H24FN3O5S. The fourth-order valence-corrected chi connectivity index (χ4v) is 4.97. The first-order valence-corrected chi connectivity index (χ1v) is 10.3. The van der Waals surface area contributed by atoms with Gasteiger partial charge in [-0.2, -0.15) is 0 Å². The van der Waals surface area contributed by atoms with Crippen LogP contribution in [-0.4, -0.2) is 40.8 Å². The molecule has 29 heavy (non-hydrogen) atoms. The van der Waals surface area contributed by atoms with Crippen LogP contribution in [0.3, 0.4) is 0 Å². The molecule has 0 radical (unpaired) electrons. The molecule has 2 aliphatic heterocycles. The van der Waals surface area contributed by atoms with E-state index in [-0.39, 0.29) is 34.9 Å². The molecule has 3 rings (SSSR count). The van der Waals surface area contributed by atoms with Crippen molar-refractivity contribution in [2.45, 2.75) is 38.8 Å². The minimum atomic E-state index is -1.16. The number of halogens is 1. The van der Waals surface area contributed by atoms with Crippen LogP contribution < -0.4 is 5.32 Å².